The lowest BCUT2D eigenvalue weighted by molar-refractivity contribution is -0.287. The van der Waals surface area contributed by atoms with Crippen LogP contribution in [0.4, 0.5) is 8.78 Å². The number of rotatable bonds is 0. The molecule has 2 rings (SSSR count). The van der Waals surface area contributed by atoms with Gasteiger partial charge in [-0.2, -0.15) is 0 Å². The second kappa shape index (κ2) is 1.81. The van der Waals surface area contributed by atoms with E-state index in [-0.39, 0.29) is 11.6 Å². The first-order valence-electron chi connectivity index (χ1n) is 2.88. The average molecular weight is 159 g/mol. The molecule has 0 radical (unpaired) electrons. The highest BCUT2D eigenvalue weighted by atomic mass is 19.3. The molecule has 11 heavy (non-hydrogen) atoms. The molecule has 0 spiro atoms. The van der Waals surface area contributed by atoms with Crippen LogP contribution in [0, 0.1) is 0 Å². The summed E-state index contributed by atoms with van der Waals surface area (Å²) in [4.78, 5) is 3.53. The zero-order valence-corrected chi connectivity index (χ0v) is 5.25. The van der Waals surface area contributed by atoms with Crippen LogP contribution in [-0.4, -0.2) is 11.3 Å². The van der Waals surface area contributed by atoms with E-state index in [2.05, 4.69) is 14.5 Å². The number of ether oxygens (including phenoxy) is 2. The van der Waals surface area contributed by atoms with Gasteiger partial charge in [0, 0.05) is 6.20 Å². The molecular formula is C6H3F2NO2. The molecule has 0 saturated heterocycles. The van der Waals surface area contributed by atoms with Crippen LogP contribution in [0.3, 0.4) is 0 Å². The highest BCUT2D eigenvalue weighted by molar-refractivity contribution is 5.35. The van der Waals surface area contributed by atoms with Gasteiger partial charge < -0.3 is 9.47 Å². The molecule has 0 unspecified atom stereocenters. The van der Waals surface area contributed by atoms with Crippen molar-refractivity contribution in [2.45, 2.75) is 6.29 Å². The number of alkyl halides is 2. The molecule has 58 valence electrons. The Bertz CT molecular complexity index is 263. The summed E-state index contributed by atoms with van der Waals surface area (Å²) in [6, 6.07) is 2.85. The van der Waals surface area contributed by atoms with Crippen LogP contribution in [0.5, 0.6) is 11.6 Å². The summed E-state index contributed by atoms with van der Waals surface area (Å²) in [7, 11) is 0. The monoisotopic (exact) mass is 159 g/mol. The molecule has 1 aromatic rings. The topological polar surface area (TPSA) is 31.4 Å². The Morgan fingerprint density at radius 2 is 2.18 bits per heavy atom. The van der Waals surface area contributed by atoms with Crippen LogP contribution < -0.4 is 9.47 Å². The van der Waals surface area contributed by atoms with Crippen LogP contribution in [0.15, 0.2) is 18.3 Å². The SMILES string of the molecule is FC1(F)Oc2cccnc2O1. The van der Waals surface area contributed by atoms with Gasteiger partial charge in [0.2, 0.25) is 0 Å². The van der Waals surface area contributed by atoms with Crippen molar-refractivity contribution in [3.63, 3.8) is 0 Å². The lowest BCUT2D eigenvalue weighted by Gasteiger charge is -2.03. The van der Waals surface area contributed by atoms with E-state index in [4.69, 9.17) is 0 Å². The summed E-state index contributed by atoms with van der Waals surface area (Å²) in [6.45, 7) is 0. The Balaban J connectivity index is 2.41. The Morgan fingerprint density at radius 3 is 2.91 bits per heavy atom. The molecule has 0 fully saturated rings. The van der Waals surface area contributed by atoms with Crippen molar-refractivity contribution in [3.8, 4) is 11.6 Å². The number of aromatic nitrogens is 1. The molecule has 2 heterocycles. The minimum Gasteiger partial charge on any atom is -0.393 e. The second-order valence-corrected chi connectivity index (χ2v) is 1.97. The minimum absolute atomic E-state index is 0.0301. The largest absolute Gasteiger partial charge is 0.587 e. The molecule has 1 aromatic heterocycles. The van der Waals surface area contributed by atoms with Gasteiger partial charge in [0.05, 0.1) is 0 Å². The third-order valence-electron chi connectivity index (χ3n) is 1.18. The number of nitrogens with zero attached hydrogens (tertiary/aromatic N) is 1. The van der Waals surface area contributed by atoms with Gasteiger partial charge in [-0.3, -0.25) is 0 Å². The molecule has 1 aliphatic heterocycles. The quantitative estimate of drug-likeness (QED) is 0.573. The third kappa shape index (κ3) is 0.978. The Morgan fingerprint density at radius 1 is 1.36 bits per heavy atom. The number of fused-ring (bicyclic) bond motifs is 1. The Hall–Kier alpha value is -1.39. The van der Waals surface area contributed by atoms with Gasteiger partial charge in [-0.15, -0.1) is 8.78 Å². The maximum atomic E-state index is 12.3. The van der Waals surface area contributed by atoms with Gasteiger partial charge in [-0.1, -0.05) is 0 Å². The number of hydrogen-bond acceptors (Lipinski definition) is 3. The van der Waals surface area contributed by atoms with Crippen molar-refractivity contribution >= 4 is 0 Å². The van der Waals surface area contributed by atoms with Crippen molar-refractivity contribution < 1.29 is 18.3 Å². The van der Waals surface area contributed by atoms with Gasteiger partial charge in [0.15, 0.2) is 5.75 Å². The predicted octanol–water partition coefficient (Wildman–Crippen LogP) is 1.40. The first-order chi connectivity index (χ1) is 5.17. The molecule has 0 aliphatic carbocycles. The van der Waals surface area contributed by atoms with Crippen LogP contribution in [0.2, 0.25) is 0 Å². The minimum atomic E-state index is -3.56. The van der Waals surface area contributed by atoms with Crippen LogP contribution in [0.1, 0.15) is 0 Å². The van der Waals surface area contributed by atoms with Gasteiger partial charge in [0.1, 0.15) is 0 Å². The molecule has 0 amide bonds. The van der Waals surface area contributed by atoms with Crippen molar-refractivity contribution in [1.82, 2.24) is 4.98 Å². The number of hydrogen-bond donors (Lipinski definition) is 0. The summed E-state index contributed by atoms with van der Waals surface area (Å²) in [5.74, 6) is -0.199. The number of halogens is 2. The van der Waals surface area contributed by atoms with E-state index in [1.165, 1.54) is 18.3 Å². The fourth-order valence-electron chi connectivity index (χ4n) is 0.792. The highest BCUT2D eigenvalue weighted by Gasteiger charge is 2.44. The van der Waals surface area contributed by atoms with E-state index in [0.29, 0.717) is 0 Å². The first kappa shape index (κ1) is 6.33. The maximum Gasteiger partial charge on any atom is 0.587 e. The molecule has 0 saturated carbocycles. The second-order valence-electron chi connectivity index (χ2n) is 1.97. The molecule has 0 bridgehead atoms. The van der Waals surface area contributed by atoms with E-state index < -0.39 is 6.29 Å². The molecule has 0 N–H and O–H groups in total. The third-order valence-corrected chi connectivity index (χ3v) is 1.18. The molecule has 0 aromatic carbocycles. The van der Waals surface area contributed by atoms with Gasteiger partial charge in [-0.25, -0.2) is 4.98 Å². The van der Waals surface area contributed by atoms with Crippen molar-refractivity contribution in [2.75, 3.05) is 0 Å². The zero-order chi connectivity index (χ0) is 7.90. The summed E-state index contributed by atoms with van der Waals surface area (Å²) in [5.41, 5.74) is 0. The smallest absolute Gasteiger partial charge is 0.393 e. The number of pyridine rings is 1. The first-order valence-corrected chi connectivity index (χ1v) is 2.88. The van der Waals surface area contributed by atoms with E-state index in [0.717, 1.165) is 0 Å². The average Bonchev–Trinajstić information content (AvgIpc) is 2.21. The van der Waals surface area contributed by atoms with Crippen LogP contribution >= 0.6 is 0 Å². The van der Waals surface area contributed by atoms with E-state index in [1.807, 2.05) is 0 Å². The molecular weight excluding hydrogens is 156 g/mol. The Labute approximate surface area is 60.6 Å². The fraction of sp³-hybridized carbons (Fsp3) is 0.167. The van der Waals surface area contributed by atoms with Crippen LogP contribution in [-0.2, 0) is 0 Å². The zero-order valence-electron chi connectivity index (χ0n) is 5.25. The summed E-state index contributed by atoms with van der Waals surface area (Å²) in [6.07, 6.45) is -2.21. The van der Waals surface area contributed by atoms with E-state index >= 15 is 0 Å². The Kier molecular flexibility index (Phi) is 1.04. The molecule has 3 nitrogen and oxygen atoms in total. The standard InChI is InChI=1S/C6H3F2NO2/c7-6(8)10-4-2-1-3-9-5(4)11-6/h1-3H. The molecule has 1 aliphatic rings. The van der Waals surface area contributed by atoms with Crippen molar-refractivity contribution in [3.05, 3.63) is 18.3 Å². The summed E-state index contributed by atoms with van der Waals surface area (Å²) >= 11 is 0. The molecule has 5 heteroatoms. The van der Waals surface area contributed by atoms with Crippen LogP contribution in [0.25, 0.3) is 0 Å². The van der Waals surface area contributed by atoms with Gasteiger partial charge in [0.25, 0.3) is 5.88 Å². The van der Waals surface area contributed by atoms with E-state index in [9.17, 15) is 8.78 Å². The summed E-state index contributed by atoms with van der Waals surface area (Å²) in [5, 5.41) is 0. The molecule has 0 atom stereocenters. The summed E-state index contributed by atoms with van der Waals surface area (Å²) < 4.78 is 32.6. The lowest BCUT2D eigenvalue weighted by atomic mass is 10.4. The van der Waals surface area contributed by atoms with Crippen molar-refractivity contribution in [2.24, 2.45) is 0 Å². The lowest BCUT2D eigenvalue weighted by Crippen LogP contribution is -2.26. The van der Waals surface area contributed by atoms with Gasteiger partial charge in [-0.05, 0) is 12.1 Å². The normalized spacial score (nSPS) is 18.4. The van der Waals surface area contributed by atoms with E-state index in [1.54, 1.807) is 0 Å². The fourth-order valence-corrected chi connectivity index (χ4v) is 0.792. The van der Waals surface area contributed by atoms with Gasteiger partial charge >= 0.3 is 6.29 Å². The highest BCUT2D eigenvalue weighted by Crippen LogP contribution is 2.38. The predicted molar refractivity (Wildman–Crippen MR) is 30.4 cm³/mol. The maximum absolute atomic E-state index is 12.3. The van der Waals surface area contributed by atoms with Crippen molar-refractivity contribution in [1.29, 1.82) is 0 Å².